The number of nitrogens with two attached hydrogens (primary N) is 1. The molecule has 1 aliphatic rings. The number of carbonyl (C=O) groups excluding carboxylic acids is 1. The van der Waals surface area contributed by atoms with E-state index in [-0.39, 0.29) is 27.2 Å². The summed E-state index contributed by atoms with van der Waals surface area (Å²) in [7, 11) is 0. The van der Waals surface area contributed by atoms with Crippen LogP contribution in [-0.2, 0) is 0 Å². The molecule has 0 radical (unpaired) electrons. The van der Waals surface area contributed by atoms with Crippen molar-refractivity contribution in [3.8, 4) is 23.3 Å². The Balaban J connectivity index is 1.65. The van der Waals surface area contributed by atoms with E-state index in [4.69, 9.17) is 43.1 Å². The highest BCUT2D eigenvalue weighted by Gasteiger charge is 2.31. The predicted molar refractivity (Wildman–Crippen MR) is 130 cm³/mol. The van der Waals surface area contributed by atoms with E-state index >= 15 is 0 Å². The molecule has 3 aromatic carbocycles. The first-order valence-electron chi connectivity index (χ1n) is 10.4. The van der Waals surface area contributed by atoms with Crippen molar-refractivity contribution in [3.05, 3.63) is 98.4 Å². The van der Waals surface area contributed by atoms with E-state index in [0.29, 0.717) is 23.7 Å². The van der Waals surface area contributed by atoms with Crippen LogP contribution in [0, 0.1) is 18.3 Å². The van der Waals surface area contributed by atoms with E-state index in [0.717, 1.165) is 16.7 Å². The van der Waals surface area contributed by atoms with Gasteiger partial charge in [-0.15, -0.1) is 0 Å². The highest BCUT2D eigenvalue weighted by Crippen LogP contribution is 2.43. The average molecular weight is 495 g/mol. The molecule has 1 unspecified atom stereocenters. The zero-order valence-electron chi connectivity index (χ0n) is 18.4. The fourth-order valence-electron chi connectivity index (χ4n) is 3.73. The van der Waals surface area contributed by atoms with Crippen molar-refractivity contribution in [2.45, 2.75) is 19.8 Å². The smallest absolute Gasteiger partial charge is 0.343 e. The third-order valence-electron chi connectivity index (χ3n) is 5.33. The lowest BCUT2D eigenvalue weighted by Crippen LogP contribution is -2.21. The van der Waals surface area contributed by atoms with E-state index in [1.54, 1.807) is 25.1 Å². The number of carbonyl (C=O) groups is 1. The minimum atomic E-state index is -0.654. The maximum atomic E-state index is 12.7. The van der Waals surface area contributed by atoms with Gasteiger partial charge in [-0.25, -0.2) is 4.79 Å². The molecule has 0 aliphatic carbocycles. The number of esters is 1. The van der Waals surface area contributed by atoms with Crippen LogP contribution in [0.4, 0.5) is 0 Å². The third-order valence-corrected chi connectivity index (χ3v) is 5.90. The third kappa shape index (κ3) is 4.54. The maximum absolute atomic E-state index is 12.7. The molecule has 0 amide bonds. The van der Waals surface area contributed by atoms with Crippen molar-refractivity contribution >= 4 is 29.2 Å². The van der Waals surface area contributed by atoms with Crippen LogP contribution >= 0.6 is 23.2 Å². The van der Waals surface area contributed by atoms with E-state index < -0.39 is 11.9 Å². The summed E-state index contributed by atoms with van der Waals surface area (Å²) in [4.78, 5) is 12.7. The summed E-state index contributed by atoms with van der Waals surface area (Å²) in [6.45, 7) is 4.17. The second-order valence-corrected chi connectivity index (χ2v) is 8.44. The van der Waals surface area contributed by atoms with Crippen LogP contribution in [0.3, 0.4) is 0 Å². The molecule has 6 nitrogen and oxygen atoms in total. The van der Waals surface area contributed by atoms with Crippen LogP contribution in [0.25, 0.3) is 0 Å². The Morgan fingerprint density at radius 2 is 1.79 bits per heavy atom. The van der Waals surface area contributed by atoms with Gasteiger partial charge in [0.25, 0.3) is 0 Å². The number of ether oxygens (including phenoxy) is 3. The molecule has 0 fully saturated rings. The van der Waals surface area contributed by atoms with Gasteiger partial charge in [-0.1, -0.05) is 59.1 Å². The normalized spacial score (nSPS) is 14.6. The van der Waals surface area contributed by atoms with Crippen molar-refractivity contribution in [1.82, 2.24) is 0 Å². The van der Waals surface area contributed by atoms with Crippen LogP contribution in [0.2, 0.25) is 10.0 Å². The van der Waals surface area contributed by atoms with E-state index in [9.17, 15) is 10.1 Å². The lowest BCUT2D eigenvalue weighted by atomic mass is 9.83. The molecule has 0 saturated heterocycles. The average Bonchev–Trinajstić information content (AvgIpc) is 2.81. The SMILES string of the molecule is CCOc1c(Cl)cc(C(=O)Oc2ccc3c(c2)OC(N)=C(C#N)C3c2ccc(C)cc2)cc1Cl. The molecule has 34 heavy (non-hydrogen) atoms. The van der Waals surface area contributed by atoms with Crippen molar-refractivity contribution in [3.63, 3.8) is 0 Å². The highest BCUT2D eigenvalue weighted by molar-refractivity contribution is 6.37. The lowest BCUT2D eigenvalue weighted by molar-refractivity contribution is 0.0734. The van der Waals surface area contributed by atoms with Gasteiger partial charge in [0, 0.05) is 11.6 Å². The molecule has 2 N–H and O–H groups in total. The summed E-state index contributed by atoms with van der Waals surface area (Å²) in [5.41, 5.74) is 9.29. The van der Waals surface area contributed by atoms with Crippen LogP contribution in [0.1, 0.15) is 39.9 Å². The zero-order valence-corrected chi connectivity index (χ0v) is 19.9. The van der Waals surface area contributed by atoms with Crippen LogP contribution in [-0.4, -0.2) is 12.6 Å². The van der Waals surface area contributed by atoms with Gasteiger partial charge in [0.05, 0.1) is 28.1 Å². The maximum Gasteiger partial charge on any atom is 0.343 e. The molecule has 8 heteroatoms. The summed E-state index contributed by atoms with van der Waals surface area (Å²) >= 11 is 12.4. The Kier molecular flexibility index (Phi) is 6.69. The molecule has 0 spiro atoms. The number of fused-ring (bicyclic) bond motifs is 1. The Bertz CT molecular complexity index is 1320. The standard InChI is InChI=1S/C26H20Cl2N2O4/c1-3-32-24-20(27)10-16(11-21(24)28)26(31)33-17-8-9-18-22(12-17)34-25(30)19(13-29)23(18)15-6-4-14(2)5-7-15/h4-12,23H,3,30H2,1-2H3. The molecule has 0 aromatic heterocycles. The predicted octanol–water partition coefficient (Wildman–Crippen LogP) is 6.14. The van der Waals surface area contributed by atoms with Crippen LogP contribution in [0.15, 0.2) is 66.1 Å². The second-order valence-electron chi connectivity index (χ2n) is 7.63. The number of halogens is 2. The summed E-state index contributed by atoms with van der Waals surface area (Å²) in [6.07, 6.45) is 0. The van der Waals surface area contributed by atoms with Gasteiger partial charge in [0.1, 0.15) is 23.1 Å². The minimum absolute atomic E-state index is 0.00845. The molecule has 1 aliphatic heterocycles. The summed E-state index contributed by atoms with van der Waals surface area (Å²) in [6, 6.07) is 17.8. The molecular weight excluding hydrogens is 475 g/mol. The van der Waals surface area contributed by atoms with Gasteiger partial charge in [-0.2, -0.15) is 5.26 Å². The molecule has 3 aromatic rings. The number of nitriles is 1. The lowest BCUT2D eigenvalue weighted by Gasteiger charge is -2.26. The summed E-state index contributed by atoms with van der Waals surface area (Å²) in [5.74, 6) is -0.103. The Labute approximate surface area is 207 Å². The number of nitrogens with zero attached hydrogens (tertiary/aromatic N) is 1. The van der Waals surface area contributed by atoms with Gasteiger partial charge >= 0.3 is 5.97 Å². The molecule has 0 bridgehead atoms. The number of rotatable bonds is 5. The minimum Gasteiger partial charge on any atom is -0.491 e. The molecule has 1 heterocycles. The van der Waals surface area contributed by atoms with Gasteiger partial charge in [0.2, 0.25) is 5.88 Å². The number of hydrogen-bond acceptors (Lipinski definition) is 6. The van der Waals surface area contributed by atoms with Crippen molar-refractivity contribution in [2.75, 3.05) is 6.61 Å². The Morgan fingerprint density at radius 3 is 2.41 bits per heavy atom. The molecule has 0 saturated carbocycles. The first kappa shape index (κ1) is 23.5. The number of allylic oxidation sites excluding steroid dienone is 1. The van der Waals surface area contributed by atoms with Gasteiger partial charge in [0.15, 0.2) is 5.75 Å². The zero-order chi connectivity index (χ0) is 24.4. The molecule has 172 valence electrons. The van der Waals surface area contributed by atoms with Crippen LogP contribution < -0.4 is 19.9 Å². The number of benzene rings is 3. The first-order chi connectivity index (χ1) is 16.3. The quantitative estimate of drug-likeness (QED) is 0.338. The molecule has 1 atom stereocenters. The van der Waals surface area contributed by atoms with Crippen molar-refractivity contribution < 1.29 is 19.0 Å². The first-order valence-corrected chi connectivity index (χ1v) is 11.2. The Morgan fingerprint density at radius 1 is 1.12 bits per heavy atom. The second kappa shape index (κ2) is 9.68. The topological polar surface area (TPSA) is 94.6 Å². The van der Waals surface area contributed by atoms with Gasteiger partial charge < -0.3 is 19.9 Å². The molecular formula is C26H20Cl2N2O4. The number of hydrogen-bond donors (Lipinski definition) is 1. The van der Waals surface area contributed by atoms with Crippen LogP contribution in [0.5, 0.6) is 17.2 Å². The van der Waals surface area contributed by atoms with E-state index in [2.05, 4.69) is 6.07 Å². The molecule has 4 rings (SSSR count). The fourth-order valence-corrected chi connectivity index (χ4v) is 4.32. The summed E-state index contributed by atoms with van der Waals surface area (Å²) in [5, 5.41) is 10.1. The van der Waals surface area contributed by atoms with E-state index in [1.165, 1.54) is 12.1 Å². The number of aryl methyl sites for hydroxylation is 1. The monoisotopic (exact) mass is 494 g/mol. The van der Waals surface area contributed by atoms with Crippen molar-refractivity contribution in [2.24, 2.45) is 5.73 Å². The van der Waals surface area contributed by atoms with Crippen molar-refractivity contribution in [1.29, 1.82) is 5.26 Å². The fraction of sp³-hybridized carbons (Fsp3) is 0.154. The van der Waals surface area contributed by atoms with E-state index in [1.807, 2.05) is 31.2 Å². The van der Waals surface area contributed by atoms with Gasteiger partial charge in [-0.3, -0.25) is 0 Å². The van der Waals surface area contributed by atoms with Gasteiger partial charge in [-0.05, 0) is 37.6 Å². The highest BCUT2D eigenvalue weighted by atomic mass is 35.5. The largest absolute Gasteiger partial charge is 0.491 e. The Hall–Kier alpha value is -3.66. The summed E-state index contributed by atoms with van der Waals surface area (Å²) < 4.78 is 16.6.